The lowest BCUT2D eigenvalue weighted by molar-refractivity contribution is 0.184. The molecule has 4 aromatic rings. The average molecular weight is 483 g/mol. The topological polar surface area (TPSA) is 140 Å². The SMILES string of the molecule is Cn1cc2c(n1)CC1(CCN(c3nc4nc(Sc5ccnc(N)c5Cl)cnc4[nH]3)CC1)C2N. The first-order valence-electron chi connectivity index (χ1n) is 10.8. The van der Waals surface area contributed by atoms with Crippen molar-refractivity contribution in [2.45, 2.75) is 35.2 Å². The molecule has 5 heterocycles. The summed E-state index contributed by atoms with van der Waals surface area (Å²) in [6.07, 6.45) is 8.33. The number of nitrogen functional groups attached to an aromatic ring is 1. The van der Waals surface area contributed by atoms with E-state index < -0.39 is 0 Å². The van der Waals surface area contributed by atoms with E-state index in [1.165, 1.54) is 17.3 Å². The Labute approximate surface area is 199 Å². The van der Waals surface area contributed by atoms with Crippen molar-refractivity contribution in [1.29, 1.82) is 0 Å². The van der Waals surface area contributed by atoms with Gasteiger partial charge in [-0.05, 0) is 30.7 Å². The predicted octanol–water partition coefficient (Wildman–Crippen LogP) is 2.71. The number of nitrogens with two attached hydrogens (primary N) is 2. The largest absolute Gasteiger partial charge is 0.382 e. The van der Waals surface area contributed by atoms with Crippen LogP contribution in [0, 0.1) is 5.41 Å². The van der Waals surface area contributed by atoms with E-state index in [2.05, 4.69) is 36.1 Å². The monoisotopic (exact) mass is 482 g/mol. The maximum Gasteiger partial charge on any atom is 0.206 e. The quantitative estimate of drug-likeness (QED) is 0.401. The van der Waals surface area contributed by atoms with Crippen LogP contribution >= 0.6 is 23.4 Å². The van der Waals surface area contributed by atoms with Gasteiger partial charge in [0.05, 0.1) is 16.9 Å². The van der Waals surface area contributed by atoms with Crippen LogP contribution in [0.5, 0.6) is 0 Å². The van der Waals surface area contributed by atoms with E-state index in [-0.39, 0.29) is 11.5 Å². The Kier molecular flexibility index (Phi) is 4.75. The first-order chi connectivity index (χ1) is 15.9. The lowest BCUT2D eigenvalue weighted by Gasteiger charge is -2.42. The third kappa shape index (κ3) is 3.42. The van der Waals surface area contributed by atoms with Crippen LogP contribution in [0.4, 0.5) is 11.8 Å². The lowest BCUT2D eigenvalue weighted by Crippen LogP contribution is -2.44. The molecule has 6 rings (SSSR count). The van der Waals surface area contributed by atoms with Gasteiger partial charge >= 0.3 is 0 Å². The first kappa shape index (κ1) is 20.7. The Morgan fingerprint density at radius 1 is 1.24 bits per heavy atom. The summed E-state index contributed by atoms with van der Waals surface area (Å²) in [4.78, 5) is 24.2. The van der Waals surface area contributed by atoms with Crippen molar-refractivity contribution in [3.8, 4) is 0 Å². The zero-order valence-electron chi connectivity index (χ0n) is 18.0. The van der Waals surface area contributed by atoms with Crippen LogP contribution < -0.4 is 16.4 Å². The zero-order valence-corrected chi connectivity index (χ0v) is 19.6. The molecule has 0 saturated carbocycles. The van der Waals surface area contributed by atoms with Crippen LogP contribution in [0.3, 0.4) is 0 Å². The fourth-order valence-corrected chi connectivity index (χ4v) is 5.98. The molecule has 0 radical (unpaired) electrons. The maximum absolute atomic E-state index is 6.68. The van der Waals surface area contributed by atoms with Crippen molar-refractivity contribution in [3.63, 3.8) is 0 Å². The van der Waals surface area contributed by atoms with Gasteiger partial charge in [0, 0.05) is 49.0 Å². The summed E-state index contributed by atoms with van der Waals surface area (Å²) in [7, 11) is 1.95. The van der Waals surface area contributed by atoms with Crippen molar-refractivity contribution in [3.05, 3.63) is 40.9 Å². The molecule has 33 heavy (non-hydrogen) atoms. The van der Waals surface area contributed by atoms with Crippen LogP contribution in [0.15, 0.2) is 34.6 Å². The molecule has 0 bridgehead atoms. The van der Waals surface area contributed by atoms with E-state index in [4.69, 9.17) is 28.1 Å². The number of nitrogens with one attached hydrogen (secondary N) is 1. The van der Waals surface area contributed by atoms with Crippen LogP contribution in [0.2, 0.25) is 5.02 Å². The number of rotatable bonds is 3. The number of piperidine rings is 1. The molecule has 1 saturated heterocycles. The summed E-state index contributed by atoms with van der Waals surface area (Å²) in [5.41, 5.74) is 16.1. The molecule has 1 spiro atoms. The summed E-state index contributed by atoms with van der Waals surface area (Å²) in [5, 5.41) is 5.71. The molecule has 1 fully saturated rings. The first-order valence-corrected chi connectivity index (χ1v) is 11.9. The number of pyridine rings is 1. The van der Waals surface area contributed by atoms with E-state index in [0.717, 1.165) is 48.9 Å². The summed E-state index contributed by atoms with van der Waals surface area (Å²) in [6, 6.07) is 1.84. The Bertz CT molecular complexity index is 1360. The smallest absolute Gasteiger partial charge is 0.206 e. The van der Waals surface area contributed by atoms with Crippen molar-refractivity contribution in [1.82, 2.24) is 34.7 Å². The number of hydrogen-bond donors (Lipinski definition) is 3. The van der Waals surface area contributed by atoms with Crippen molar-refractivity contribution in [2.75, 3.05) is 23.7 Å². The number of fused-ring (bicyclic) bond motifs is 2. The molecule has 5 N–H and O–H groups in total. The summed E-state index contributed by atoms with van der Waals surface area (Å²) < 4.78 is 1.87. The molecule has 0 aromatic carbocycles. The average Bonchev–Trinajstić information content (AvgIpc) is 3.45. The van der Waals surface area contributed by atoms with E-state index in [0.29, 0.717) is 27.2 Å². The van der Waals surface area contributed by atoms with Gasteiger partial charge in [-0.1, -0.05) is 23.4 Å². The molecule has 12 heteroatoms. The fraction of sp³-hybridized carbons (Fsp3) is 0.381. The lowest BCUT2D eigenvalue weighted by atomic mass is 9.73. The number of halogens is 1. The highest BCUT2D eigenvalue weighted by Gasteiger charge is 2.47. The summed E-state index contributed by atoms with van der Waals surface area (Å²) >= 11 is 7.64. The van der Waals surface area contributed by atoms with Crippen LogP contribution in [0.25, 0.3) is 11.3 Å². The predicted molar refractivity (Wildman–Crippen MR) is 127 cm³/mol. The number of aromatic amines is 1. The third-order valence-corrected chi connectivity index (χ3v) is 8.26. The van der Waals surface area contributed by atoms with Crippen molar-refractivity contribution >= 4 is 46.4 Å². The normalized spacial score (nSPS) is 19.5. The van der Waals surface area contributed by atoms with Crippen LogP contribution in [-0.2, 0) is 13.5 Å². The Morgan fingerprint density at radius 2 is 2.06 bits per heavy atom. The van der Waals surface area contributed by atoms with Gasteiger partial charge in [0.1, 0.15) is 10.8 Å². The Hall–Kier alpha value is -2.89. The van der Waals surface area contributed by atoms with Gasteiger partial charge in [-0.3, -0.25) is 4.68 Å². The van der Waals surface area contributed by atoms with E-state index in [9.17, 15) is 0 Å². The summed E-state index contributed by atoms with van der Waals surface area (Å²) in [5.74, 6) is 1.08. The second kappa shape index (κ2) is 7.57. The van der Waals surface area contributed by atoms with Crippen LogP contribution in [-0.4, -0.2) is 47.8 Å². The second-order valence-corrected chi connectivity index (χ2v) is 10.2. The van der Waals surface area contributed by atoms with Crippen molar-refractivity contribution < 1.29 is 0 Å². The standard InChI is InChI=1S/C21H23ClN10S/c1-31-10-11-12(30-31)8-21(16(11)23)3-6-32(7-4-21)20-28-18-19(29-20)27-14(9-26-18)33-13-2-5-25-17(24)15(13)22/h2,5,9-10,16H,3-4,6-8,23H2,1H3,(H2,24,25)(H,26,27,28,29). The molecular weight excluding hydrogens is 460 g/mol. The minimum Gasteiger partial charge on any atom is -0.382 e. The molecular formula is C21H23ClN10S. The van der Waals surface area contributed by atoms with Gasteiger partial charge < -0.3 is 21.4 Å². The number of hydrogen-bond acceptors (Lipinski definition) is 9. The van der Waals surface area contributed by atoms with Crippen molar-refractivity contribution in [2.24, 2.45) is 18.2 Å². The summed E-state index contributed by atoms with van der Waals surface area (Å²) in [6.45, 7) is 1.74. The minimum absolute atomic E-state index is 0.0380. The van der Waals surface area contributed by atoms with E-state index in [1.54, 1.807) is 18.5 Å². The molecule has 1 unspecified atom stereocenters. The van der Waals surface area contributed by atoms with Gasteiger partial charge in [-0.25, -0.2) is 15.0 Å². The molecule has 1 aliphatic carbocycles. The number of imidazole rings is 1. The van der Waals surface area contributed by atoms with Gasteiger partial charge in [0.15, 0.2) is 11.3 Å². The molecule has 1 atom stereocenters. The zero-order chi connectivity index (χ0) is 22.7. The molecule has 10 nitrogen and oxygen atoms in total. The molecule has 1 aliphatic heterocycles. The van der Waals surface area contributed by atoms with E-state index in [1.807, 2.05) is 11.7 Å². The fourth-order valence-electron chi connectivity index (χ4n) is 4.97. The van der Waals surface area contributed by atoms with E-state index >= 15 is 0 Å². The minimum atomic E-state index is 0.0380. The number of aryl methyl sites for hydroxylation is 1. The number of aromatic nitrogens is 7. The van der Waals surface area contributed by atoms with Gasteiger partial charge in [-0.2, -0.15) is 10.1 Å². The molecule has 4 aromatic heterocycles. The van der Waals surface area contributed by atoms with Crippen LogP contribution in [0.1, 0.15) is 30.1 Å². The Balaban J connectivity index is 1.19. The highest BCUT2D eigenvalue weighted by Crippen LogP contribution is 2.50. The van der Waals surface area contributed by atoms with Gasteiger partial charge in [-0.15, -0.1) is 0 Å². The number of H-pyrrole nitrogens is 1. The highest BCUT2D eigenvalue weighted by molar-refractivity contribution is 7.99. The second-order valence-electron chi connectivity index (χ2n) is 8.76. The number of nitrogens with zero attached hydrogens (tertiary/aromatic N) is 7. The van der Waals surface area contributed by atoms with Gasteiger partial charge in [0.25, 0.3) is 0 Å². The third-order valence-electron chi connectivity index (χ3n) is 6.78. The van der Waals surface area contributed by atoms with Gasteiger partial charge in [0.2, 0.25) is 5.95 Å². The highest BCUT2D eigenvalue weighted by atomic mass is 35.5. The molecule has 2 aliphatic rings. The maximum atomic E-state index is 6.68. The number of anilines is 2. The molecule has 0 amide bonds. The Morgan fingerprint density at radius 3 is 2.85 bits per heavy atom. The molecule has 170 valence electrons.